The molecule has 10 heteroatoms. The molecule has 2 aromatic carbocycles. The molecule has 6 N–H and O–H groups in total. The summed E-state index contributed by atoms with van der Waals surface area (Å²) in [5, 5.41) is 59.3. The molecule has 2 heterocycles. The maximum Gasteiger partial charge on any atom is 0.239 e. The normalized spacial score (nSPS) is 24.4. The first-order chi connectivity index (χ1) is 14.7. The highest BCUT2D eigenvalue weighted by Crippen LogP contribution is 2.37. The molecule has 0 amide bonds. The maximum absolute atomic E-state index is 13.2. The number of hydrogen-bond donors (Lipinski definition) is 6. The average molecular weight is 432 g/mol. The molecule has 4 rings (SSSR count). The molecule has 31 heavy (non-hydrogen) atoms. The Labute approximate surface area is 174 Å². The van der Waals surface area contributed by atoms with Gasteiger partial charge in [0.25, 0.3) is 0 Å². The van der Waals surface area contributed by atoms with E-state index in [4.69, 9.17) is 13.9 Å². The Morgan fingerprint density at radius 3 is 2.29 bits per heavy atom. The number of hydrogen-bond acceptors (Lipinski definition) is 10. The Bertz CT molecular complexity index is 1170. The van der Waals surface area contributed by atoms with Crippen molar-refractivity contribution in [3.63, 3.8) is 0 Å². The smallest absolute Gasteiger partial charge is 0.239 e. The molecule has 164 valence electrons. The fourth-order valence-electron chi connectivity index (χ4n) is 3.46. The van der Waals surface area contributed by atoms with E-state index in [-0.39, 0.29) is 28.2 Å². The molecule has 3 aromatic rings. The minimum Gasteiger partial charge on any atom is -0.508 e. The van der Waals surface area contributed by atoms with Gasteiger partial charge in [0, 0.05) is 17.7 Å². The number of fused-ring (bicyclic) bond motifs is 1. The number of aliphatic hydroxyl groups is 3. The number of aliphatic hydroxyl groups excluding tert-OH is 3. The second-order valence-corrected chi connectivity index (χ2v) is 7.28. The van der Waals surface area contributed by atoms with Gasteiger partial charge in [0.1, 0.15) is 46.5 Å². The van der Waals surface area contributed by atoms with Crippen LogP contribution in [0.15, 0.2) is 45.6 Å². The maximum atomic E-state index is 13.2. The molecule has 0 radical (unpaired) electrons. The lowest BCUT2D eigenvalue weighted by molar-refractivity contribution is -0.129. The lowest BCUT2D eigenvalue weighted by Crippen LogP contribution is -2.38. The fraction of sp³-hybridized carbons (Fsp3) is 0.286. The van der Waals surface area contributed by atoms with Crippen LogP contribution in [0.2, 0.25) is 0 Å². The van der Waals surface area contributed by atoms with Crippen LogP contribution in [-0.4, -0.2) is 61.3 Å². The van der Waals surface area contributed by atoms with Gasteiger partial charge in [-0.2, -0.15) is 0 Å². The van der Waals surface area contributed by atoms with Gasteiger partial charge < -0.3 is 44.5 Å². The zero-order valence-electron chi connectivity index (χ0n) is 16.2. The number of ether oxygens (including phenoxy) is 2. The molecule has 0 bridgehead atoms. The van der Waals surface area contributed by atoms with Crippen LogP contribution >= 0.6 is 0 Å². The van der Waals surface area contributed by atoms with Crippen LogP contribution in [0.1, 0.15) is 6.92 Å². The van der Waals surface area contributed by atoms with Crippen molar-refractivity contribution in [1.29, 1.82) is 0 Å². The van der Waals surface area contributed by atoms with E-state index in [2.05, 4.69) is 0 Å². The van der Waals surface area contributed by atoms with Crippen molar-refractivity contribution >= 4 is 11.0 Å². The van der Waals surface area contributed by atoms with Crippen LogP contribution in [0.4, 0.5) is 0 Å². The molecule has 10 nitrogen and oxygen atoms in total. The van der Waals surface area contributed by atoms with Crippen molar-refractivity contribution in [2.45, 2.75) is 37.6 Å². The zero-order chi connectivity index (χ0) is 22.4. The number of aromatic hydroxyl groups is 3. The van der Waals surface area contributed by atoms with E-state index in [1.165, 1.54) is 31.2 Å². The van der Waals surface area contributed by atoms with Gasteiger partial charge in [-0.15, -0.1) is 0 Å². The molecule has 1 aliphatic heterocycles. The van der Waals surface area contributed by atoms with Crippen LogP contribution in [0.3, 0.4) is 0 Å². The van der Waals surface area contributed by atoms with E-state index < -0.39 is 47.6 Å². The van der Waals surface area contributed by atoms with E-state index in [1.54, 1.807) is 0 Å². The van der Waals surface area contributed by atoms with Gasteiger partial charge in [-0.05, 0) is 31.2 Å². The Balaban J connectivity index is 1.88. The summed E-state index contributed by atoms with van der Waals surface area (Å²) in [5.74, 6) is -1.51. The highest BCUT2D eigenvalue weighted by atomic mass is 16.7. The van der Waals surface area contributed by atoms with Crippen molar-refractivity contribution in [3.05, 3.63) is 46.6 Å². The highest BCUT2D eigenvalue weighted by Gasteiger charge is 2.47. The Morgan fingerprint density at radius 1 is 1.00 bits per heavy atom. The minimum absolute atomic E-state index is 0.0397. The second kappa shape index (κ2) is 7.75. The topological polar surface area (TPSA) is 170 Å². The van der Waals surface area contributed by atoms with Gasteiger partial charge in [0.2, 0.25) is 17.5 Å². The summed E-state index contributed by atoms with van der Waals surface area (Å²) in [6, 6.07) is 7.66. The first kappa shape index (κ1) is 20.9. The molecule has 0 unspecified atom stereocenters. The third kappa shape index (κ3) is 3.66. The lowest BCUT2D eigenvalue weighted by atomic mass is 10.1. The fourth-order valence-corrected chi connectivity index (χ4v) is 3.46. The third-order valence-corrected chi connectivity index (χ3v) is 5.01. The van der Waals surface area contributed by atoms with E-state index in [9.17, 15) is 35.4 Å². The van der Waals surface area contributed by atoms with Gasteiger partial charge in [-0.25, -0.2) is 0 Å². The molecule has 1 saturated heterocycles. The van der Waals surface area contributed by atoms with Crippen molar-refractivity contribution in [2.24, 2.45) is 0 Å². The predicted molar refractivity (Wildman–Crippen MR) is 106 cm³/mol. The van der Waals surface area contributed by atoms with Crippen molar-refractivity contribution in [3.8, 4) is 34.3 Å². The van der Waals surface area contributed by atoms with Gasteiger partial charge in [0.05, 0.1) is 6.10 Å². The summed E-state index contributed by atoms with van der Waals surface area (Å²) < 4.78 is 16.7. The van der Waals surface area contributed by atoms with Crippen molar-refractivity contribution in [2.75, 3.05) is 0 Å². The van der Waals surface area contributed by atoms with Crippen molar-refractivity contribution < 1.29 is 44.5 Å². The van der Waals surface area contributed by atoms with Crippen LogP contribution < -0.4 is 10.2 Å². The predicted octanol–water partition coefficient (Wildman–Crippen LogP) is 0.783. The molecule has 5 atom stereocenters. The molecular formula is C21H20O10. The van der Waals surface area contributed by atoms with Crippen molar-refractivity contribution in [1.82, 2.24) is 0 Å². The quantitative estimate of drug-likeness (QED) is 0.346. The minimum atomic E-state index is -1.59. The van der Waals surface area contributed by atoms with Gasteiger partial charge in [-0.3, -0.25) is 4.79 Å². The molecule has 1 aromatic heterocycles. The third-order valence-electron chi connectivity index (χ3n) is 5.01. The van der Waals surface area contributed by atoms with Gasteiger partial charge in [0.15, 0.2) is 5.76 Å². The monoisotopic (exact) mass is 432 g/mol. The van der Waals surface area contributed by atoms with E-state index in [0.29, 0.717) is 5.56 Å². The summed E-state index contributed by atoms with van der Waals surface area (Å²) >= 11 is 0. The Hall–Kier alpha value is -3.31. The Kier molecular flexibility index (Phi) is 5.23. The molecule has 0 spiro atoms. The number of benzene rings is 2. The summed E-state index contributed by atoms with van der Waals surface area (Å²) in [6.07, 6.45) is -6.87. The first-order valence-electron chi connectivity index (χ1n) is 9.36. The molecular weight excluding hydrogens is 412 g/mol. The second-order valence-electron chi connectivity index (χ2n) is 7.28. The number of phenolic OH excluding ortho intramolecular Hbond substituents is 3. The van der Waals surface area contributed by atoms with Crippen LogP contribution in [0.25, 0.3) is 22.3 Å². The highest BCUT2D eigenvalue weighted by molar-refractivity contribution is 5.88. The summed E-state index contributed by atoms with van der Waals surface area (Å²) in [6.45, 7) is 1.36. The summed E-state index contributed by atoms with van der Waals surface area (Å²) in [7, 11) is 0. The lowest BCUT2D eigenvalue weighted by Gasteiger charge is -2.19. The van der Waals surface area contributed by atoms with Crippen LogP contribution in [-0.2, 0) is 4.74 Å². The molecule has 1 aliphatic rings. The molecule has 0 aliphatic carbocycles. The number of phenols is 3. The van der Waals surface area contributed by atoms with E-state index in [1.807, 2.05) is 0 Å². The average Bonchev–Trinajstić information content (AvgIpc) is 2.98. The van der Waals surface area contributed by atoms with E-state index in [0.717, 1.165) is 12.1 Å². The van der Waals surface area contributed by atoms with Gasteiger partial charge >= 0.3 is 0 Å². The molecule has 1 fully saturated rings. The summed E-state index contributed by atoms with van der Waals surface area (Å²) in [5.41, 5.74) is -0.657. The standard InChI is InChI=1S/C21H20O10/c1-8(22)18-16(27)17(28)21(30-18)31-20-15(26)14-12(25)6-11(24)7-13(14)29-19(20)9-2-4-10(23)5-3-9/h2-8,16-18,21-25,27-28H,1H3/t8-,16-,17+,18-,21-/m0/s1. The molecule has 0 saturated carbocycles. The van der Waals surface area contributed by atoms with Gasteiger partial charge in [-0.1, -0.05) is 0 Å². The van der Waals surface area contributed by atoms with Crippen LogP contribution in [0, 0.1) is 0 Å². The zero-order valence-corrected chi connectivity index (χ0v) is 16.2. The SMILES string of the molecule is C[C@H](O)[C@@H]1O[C@@H](Oc2c(-c3ccc(O)cc3)oc3cc(O)cc(O)c3c2=O)[C@H](O)[C@@H]1O. The summed E-state index contributed by atoms with van der Waals surface area (Å²) in [4.78, 5) is 13.2. The van der Waals surface area contributed by atoms with E-state index >= 15 is 0 Å². The Morgan fingerprint density at radius 2 is 1.68 bits per heavy atom. The van der Waals surface area contributed by atoms with Crippen LogP contribution in [0.5, 0.6) is 23.0 Å². The first-order valence-corrected chi connectivity index (χ1v) is 9.36. The number of rotatable bonds is 4. The largest absolute Gasteiger partial charge is 0.508 e.